The van der Waals surface area contributed by atoms with Crippen molar-refractivity contribution in [3.63, 3.8) is 0 Å². The Kier molecular flexibility index (Phi) is 4.86. The molecule has 0 aliphatic carbocycles. The predicted molar refractivity (Wildman–Crippen MR) is 65.2 cm³/mol. The first-order valence-corrected chi connectivity index (χ1v) is 5.26. The van der Waals surface area contributed by atoms with E-state index in [-0.39, 0.29) is 5.69 Å². The molecular weight excluding hydrogens is 232 g/mol. The summed E-state index contributed by atoms with van der Waals surface area (Å²) in [6.45, 7) is 5.59. The van der Waals surface area contributed by atoms with Gasteiger partial charge < -0.3 is 5.11 Å². The summed E-state index contributed by atoms with van der Waals surface area (Å²) in [6.07, 6.45) is 6.17. The van der Waals surface area contributed by atoms with E-state index in [0.717, 1.165) is 11.4 Å². The summed E-state index contributed by atoms with van der Waals surface area (Å²) in [6, 6.07) is 0. The minimum absolute atomic E-state index is 0.0226. The van der Waals surface area contributed by atoms with E-state index < -0.39 is 5.97 Å². The molecule has 94 valence electrons. The summed E-state index contributed by atoms with van der Waals surface area (Å²) >= 11 is 0. The number of aromatic carboxylic acids is 1. The lowest BCUT2D eigenvalue weighted by Crippen LogP contribution is -2.00. The van der Waals surface area contributed by atoms with Crippen molar-refractivity contribution in [1.82, 2.24) is 19.9 Å². The van der Waals surface area contributed by atoms with Crippen molar-refractivity contribution in [1.29, 1.82) is 0 Å². The van der Waals surface area contributed by atoms with Crippen LogP contribution in [0, 0.1) is 20.8 Å². The lowest BCUT2D eigenvalue weighted by Gasteiger charge is -1.91. The lowest BCUT2D eigenvalue weighted by molar-refractivity contribution is 0.0690. The molecule has 0 saturated heterocycles. The van der Waals surface area contributed by atoms with Gasteiger partial charge in [-0.2, -0.15) is 0 Å². The van der Waals surface area contributed by atoms with E-state index in [1.807, 2.05) is 13.8 Å². The molecule has 0 fully saturated rings. The third-order valence-corrected chi connectivity index (χ3v) is 1.91. The highest BCUT2D eigenvalue weighted by Crippen LogP contribution is 1.92. The van der Waals surface area contributed by atoms with Gasteiger partial charge in [-0.25, -0.2) is 9.78 Å². The van der Waals surface area contributed by atoms with Crippen LogP contribution in [0.1, 0.15) is 27.6 Å². The molecule has 0 aliphatic heterocycles. The lowest BCUT2D eigenvalue weighted by atomic mass is 10.4. The Hall–Kier alpha value is -2.37. The van der Waals surface area contributed by atoms with Crippen LogP contribution in [0.5, 0.6) is 0 Å². The Labute approximate surface area is 105 Å². The molecule has 2 aromatic heterocycles. The van der Waals surface area contributed by atoms with Crippen LogP contribution in [-0.2, 0) is 0 Å². The number of hydrogen-bond donors (Lipinski definition) is 1. The highest BCUT2D eigenvalue weighted by molar-refractivity contribution is 5.84. The average molecular weight is 246 g/mol. The Balaban J connectivity index is 0.000000184. The van der Waals surface area contributed by atoms with Gasteiger partial charge in [-0.05, 0) is 20.8 Å². The van der Waals surface area contributed by atoms with E-state index in [9.17, 15) is 4.79 Å². The minimum Gasteiger partial charge on any atom is -0.476 e. The van der Waals surface area contributed by atoms with E-state index in [1.54, 1.807) is 19.3 Å². The van der Waals surface area contributed by atoms with Gasteiger partial charge in [0.05, 0.1) is 23.3 Å². The van der Waals surface area contributed by atoms with Crippen molar-refractivity contribution in [3.05, 3.63) is 47.6 Å². The molecule has 0 atom stereocenters. The molecule has 0 bridgehead atoms. The first-order chi connectivity index (χ1) is 8.49. The second kappa shape index (κ2) is 6.39. The molecule has 0 aliphatic rings. The maximum absolute atomic E-state index is 10.2. The molecule has 6 heteroatoms. The second-order valence-corrected chi connectivity index (χ2v) is 3.65. The molecule has 2 heterocycles. The zero-order valence-corrected chi connectivity index (χ0v) is 10.5. The second-order valence-electron chi connectivity index (χ2n) is 3.65. The van der Waals surface area contributed by atoms with E-state index in [4.69, 9.17) is 5.11 Å². The van der Waals surface area contributed by atoms with Crippen LogP contribution in [-0.4, -0.2) is 31.0 Å². The SMILES string of the molecule is Cc1cnc(C(=O)O)cn1.Cc1cnc(C)cn1. The molecule has 6 nitrogen and oxygen atoms in total. The van der Waals surface area contributed by atoms with Gasteiger partial charge in [0.15, 0.2) is 5.69 Å². The fourth-order valence-electron chi connectivity index (χ4n) is 0.960. The first kappa shape index (κ1) is 13.7. The third kappa shape index (κ3) is 4.65. The number of nitrogens with zero attached hydrogens (tertiary/aromatic N) is 4. The van der Waals surface area contributed by atoms with Gasteiger partial charge in [0.1, 0.15) is 0 Å². The molecule has 2 rings (SSSR count). The zero-order chi connectivity index (χ0) is 13.5. The molecule has 0 saturated carbocycles. The zero-order valence-electron chi connectivity index (χ0n) is 10.5. The van der Waals surface area contributed by atoms with E-state index in [0.29, 0.717) is 5.69 Å². The molecule has 0 amide bonds. The standard InChI is InChI=1S/C6H6N2O2.C6H8N2/c1-4-2-8-5(3-7-4)6(9)10;1-5-3-8-6(2)4-7-5/h2-3H,1H3,(H,9,10);3-4H,1-2H3. The highest BCUT2D eigenvalue weighted by atomic mass is 16.4. The number of carboxylic acids is 1. The topological polar surface area (TPSA) is 88.9 Å². The normalized spacial score (nSPS) is 9.28. The first-order valence-electron chi connectivity index (χ1n) is 5.26. The summed E-state index contributed by atoms with van der Waals surface area (Å²) in [5.41, 5.74) is 2.63. The van der Waals surface area contributed by atoms with Crippen LogP contribution in [0.25, 0.3) is 0 Å². The summed E-state index contributed by atoms with van der Waals surface area (Å²) in [7, 11) is 0. The van der Waals surface area contributed by atoms with Crippen LogP contribution in [0.2, 0.25) is 0 Å². The molecule has 0 spiro atoms. The van der Waals surface area contributed by atoms with Gasteiger partial charge in [-0.15, -0.1) is 0 Å². The van der Waals surface area contributed by atoms with Crippen molar-refractivity contribution >= 4 is 5.97 Å². The van der Waals surface area contributed by atoms with Crippen LogP contribution >= 0.6 is 0 Å². The summed E-state index contributed by atoms with van der Waals surface area (Å²) in [4.78, 5) is 25.6. The van der Waals surface area contributed by atoms with Gasteiger partial charge in [-0.1, -0.05) is 0 Å². The van der Waals surface area contributed by atoms with Crippen molar-refractivity contribution < 1.29 is 9.90 Å². The monoisotopic (exact) mass is 246 g/mol. The highest BCUT2D eigenvalue weighted by Gasteiger charge is 2.01. The smallest absolute Gasteiger partial charge is 0.356 e. The molecular formula is C12H14N4O2. The minimum atomic E-state index is -1.05. The van der Waals surface area contributed by atoms with Gasteiger partial charge in [-0.3, -0.25) is 15.0 Å². The molecule has 1 N–H and O–H groups in total. The Morgan fingerprint density at radius 1 is 0.833 bits per heavy atom. The summed E-state index contributed by atoms with van der Waals surface area (Å²) in [5.74, 6) is -1.05. The maximum Gasteiger partial charge on any atom is 0.356 e. The molecule has 18 heavy (non-hydrogen) atoms. The van der Waals surface area contributed by atoms with Crippen LogP contribution in [0.4, 0.5) is 0 Å². The third-order valence-electron chi connectivity index (χ3n) is 1.91. The number of rotatable bonds is 1. The Morgan fingerprint density at radius 3 is 1.50 bits per heavy atom. The number of carbonyl (C=O) groups is 1. The molecule has 0 aromatic carbocycles. The molecule has 0 radical (unpaired) electrons. The van der Waals surface area contributed by atoms with E-state index >= 15 is 0 Å². The molecule has 0 unspecified atom stereocenters. The number of aryl methyl sites for hydroxylation is 3. The van der Waals surface area contributed by atoms with Crippen molar-refractivity contribution in [2.45, 2.75) is 20.8 Å². The van der Waals surface area contributed by atoms with Gasteiger partial charge in [0.2, 0.25) is 0 Å². The number of aromatic nitrogens is 4. The van der Waals surface area contributed by atoms with Crippen molar-refractivity contribution in [2.75, 3.05) is 0 Å². The van der Waals surface area contributed by atoms with Gasteiger partial charge in [0.25, 0.3) is 0 Å². The predicted octanol–water partition coefficient (Wildman–Crippen LogP) is 1.58. The average Bonchev–Trinajstić information content (AvgIpc) is 2.34. The van der Waals surface area contributed by atoms with Crippen LogP contribution < -0.4 is 0 Å². The summed E-state index contributed by atoms with van der Waals surface area (Å²) in [5, 5.41) is 8.37. The fourth-order valence-corrected chi connectivity index (χ4v) is 0.960. The van der Waals surface area contributed by atoms with Crippen molar-refractivity contribution in [3.8, 4) is 0 Å². The van der Waals surface area contributed by atoms with Crippen LogP contribution in [0.15, 0.2) is 24.8 Å². The molecule has 2 aromatic rings. The fraction of sp³-hybridized carbons (Fsp3) is 0.250. The van der Waals surface area contributed by atoms with Crippen molar-refractivity contribution in [2.24, 2.45) is 0 Å². The number of carboxylic acid groups (broad SMARTS) is 1. The Morgan fingerprint density at radius 2 is 1.22 bits per heavy atom. The summed E-state index contributed by atoms with van der Waals surface area (Å²) < 4.78 is 0. The van der Waals surface area contributed by atoms with Gasteiger partial charge in [0, 0.05) is 18.6 Å². The quantitative estimate of drug-likeness (QED) is 0.821. The van der Waals surface area contributed by atoms with E-state index in [2.05, 4.69) is 19.9 Å². The number of hydrogen-bond acceptors (Lipinski definition) is 5. The maximum atomic E-state index is 10.2. The Bertz CT molecular complexity index is 488. The largest absolute Gasteiger partial charge is 0.476 e. The van der Waals surface area contributed by atoms with Gasteiger partial charge >= 0.3 is 5.97 Å². The van der Waals surface area contributed by atoms with E-state index in [1.165, 1.54) is 12.4 Å². The van der Waals surface area contributed by atoms with Crippen LogP contribution in [0.3, 0.4) is 0 Å².